The molecule has 0 saturated heterocycles. The van der Waals surface area contributed by atoms with Crippen molar-refractivity contribution in [3.05, 3.63) is 75.0 Å². The van der Waals surface area contributed by atoms with Crippen LogP contribution in [0.1, 0.15) is 21.5 Å². The Morgan fingerprint density at radius 1 is 1.16 bits per heavy atom. The smallest absolute Gasteiger partial charge is 0.189 e. The number of carbonyl (C=O) groups excluding carboxylic acids is 1. The molecule has 1 aliphatic carbocycles. The van der Waals surface area contributed by atoms with E-state index in [1.807, 2.05) is 30.3 Å². The molecule has 0 N–H and O–H groups in total. The van der Waals surface area contributed by atoms with Gasteiger partial charge in [0, 0.05) is 17.6 Å². The van der Waals surface area contributed by atoms with E-state index < -0.39 is 0 Å². The minimum absolute atomic E-state index is 0.0658. The van der Waals surface area contributed by atoms with E-state index in [1.165, 1.54) is 6.07 Å². The number of Topliss-reactive ketones (excluding diaryl/α,β-unsaturated/α-hetero) is 1. The summed E-state index contributed by atoms with van der Waals surface area (Å²) in [6, 6.07) is 12.4. The fourth-order valence-corrected chi connectivity index (χ4v) is 2.67. The van der Waals surface area contributed by atoms with Crippen LogP contribution in [0.4, 0.5) is 4.39 Å². The number of ketones is 1. The van der Waals surface area contributed by atoms with Crippen molar-refractivity contribution in [2.75, 3.05) is 0 Å². The molecule has 3 rings (SSSR count). The van der Waals surface area contributed by atoms with Crippen LogP contribution >= 0.6 is 15.9 Å². The van der Waals surface area contributed by atoms with Crippen LogP contribution in [0.5, 0.6) is 0 Å². The summed E-state index contributed by atoms with van der Waals surface area (Å²) < 4.78 is 13.6. The maximum Gasteiger partial charge on any atom is 0.189 e. The third-order valence-electron chi connectivity index (χ3n) is 3.22. The number of benzene rings is 2. The Morgan fingerprint density at radius 2 is 1.95 bits per heavy atom. The Morgan fingerprint density at radius 3 is 2.68 bits per heavy atom. The second kappa shape index (κ2) is 4.74. The van der Waals surface area contributed by atoms with Crippen molar-refractivity contribution in [1.29, 1.82) is 0 Å². The van der Waals surface area contributed by atoms with Gasteiger partial charge in [-0.05, 0) is 45.3 Å². The topological polar surface area (TPSA) is 17.1 Å². The maximum atomic E-state index is 13.2. The Labute approximate surface area is 118 Å². The number of halogens is 2. The van der Waals surface area contributed by atoms with Gasteiger partial charge >= 0.3 is 0 Å². The van der Waals surface area contributed by atoms with Crippen LogP contribution in [0.15, 0.2) is 52.5 Å². The van der Waals surface area contributed by atoms with E-state index in [-0.39, 0.29) is 11.6 Å². The number of carbonyl (C=O) groups is 1. The molecule has 1 aliphatic rings. The molecule has 0 radical (unpaired) electrons. The molecule has 0 spiro atoms. The normalized spacial score (nSPS) is 15.9. The van der Waals surface area contributed by atoms with Crippen molar-refractivity contribution >= 4 is 27.8 Å². The fourth-order valence-electron chi connectivity index (χ4n) is 2.27. The van der Waals surface area contributed by atoms with Crippen molar-refractivity contribution in [3.63, 3.8) is 0 Å². The molecular formula is C16H10BrFO. The van der Waals surface area contributed by atoms with Crippen LogP contribution in [0.2, 0.25) is 0 Å². The van der Waals surface area contributed by atoms with E-state index in [9.17, 15) is 9.18 Å². The van der Waals surface area contributed by atoms with Crippen molar-refractivity contribution in [3.8, 4) is 0 Å². The van der Waals surface area contributed by atoms with Crippen LogP contribution in [-0.4, -0.2) is 5.78 Å². The van der Waals surface area contributed by atoms with Crippen LogP contribution in [-0.2, 0) is 6.42 Å². The van der Waals surface area contributed by atoms with Crippen molar-refractivity contribution in [2.24, 2.45) is 0 Å². The highest BCUT2D eigenvalue weighted by molar-refractivity contribution is 9.10. The Bertz CT molecular complexity index is 704. The number of rotatable bonds is 1. The molecule has 0 atom stereocenters. The van der Waals surface area contributed by atoms with Crippen LogP contribution in [0.25, 0.3) is 6.08 Å². The lowest BCUT2D eigenvalue weighted by Crippen LogP contribution is -1.95. The monoisotopic (exact) mass is 316 g/mol. The molecule has 2 aromatic rings. The first-order valence-electron chi connectivity index (χ1n) is 5.93. The van der Waals surface area contributed by atoms with Gasteiger partial charge in [0.1, 0.15) is 5.82 Å². The molecule has 0 bridgehead atoms. The van der Waals surface area contributed by atoms with E-state index in [2.05, 4.69) is 15.9 Å². The van der Waals surface area contributed by atoms with Crippen LogP contribution in [0.3, 0.4) is 0 Å². The maximum absolute atomic E-state index is 13.2. The number of hydrogen-bond acceptors (Lipinski definition) is 1. The molecule has 1 nitrogen and oxygen atoms in total. The molecule has 94 valence electrons. The lowest BCUT2D eigenvalue weighted by molar-refractivity contribution is 0.104. The van der Waals surface area contributed by atoms with E-state index in [4.69, 9.17) is 0 Å². The first-order chi connectivity index (χ1) is 9.15. The predicted molar refractivity (Wildman–Crippen MR) is 76.6 cm³/mol. The average Bonchev–Trinajstić information content (AvgIpc) is 2.72. The molecule has 0 unspecified atom stereocenters. The van der Waals surface area contributed by atoms with Gasteiger partial charge in [-0.25, -0.2) is 4.39 Å². The SMILES string of the molecule is O=C1C(=Cc2ccc(F)c(Br)c2)Cc2ccccc21. The first kappa shape index (κ1) is 12.3. The number of allylic oxidation sites excluding steroid dienone is 1. The zero-order valence-electron chi connectivity index (χ0n) is 9.99. The summed E-state index contributed by atoms with van der Waals surface area (Å²) in [7, 11) is 0. The van der Waals surface area contributed by atoms with Crippen molar-refractivity contribution < 1.29 is 9.18 Å². The second-order valence-electron chi connectivity index (χ2n) is 4.51. The molecule has 0 fully saturated rings. The summed E-state index contributed by atoms with van der Waals surface area (Å²) in [4.78, 5) is 12.2. The van der Waals surface area contributed by atoms with Gasteiger partial charge in [0.15, 0.2) is 5.78 Å². The summed E-state index contributed by atoms with van der Waals surface area (Å²) in [6.45, 7) is 0. The number of hydrogen-bond donors (Lipinski definition) is 0. The highest BCUT2D eigenvalue weighted by Crippen LogP contribution is 2.28. The van der Waals surface area contributed by atoms with Gasteiger partial charge < -0.3 is 0 Å². The Kier molecular flexibility index (Phi) is 3.07. The van der Waals surface area contributed by atoms with Gasteiger partial charge in [0.05, 0.1) is 4.47 Å². The molecule has 0 saturated carbocycles. The lowest BCUT2D eigenvalue weighted by Gasteiger charge is -1.99. The lowest BCUT2D eigenvalue weighted by atomic mass is 10.1. The van der Waals surface area contributed by atoms with E-state index in [0.29, 0.717) is 10.9 Å². The molecule has 0 heterocycles. The Hall–Kier alpha value is -1.74. The molecule has 0 aliphatic heterocycles. The summed E-state index contributed by atoms with van der Waals surface area (Å²) >= 11 is 3.15. The number of fused-ring (bicyclic) bond motifs is 1. The first-order valence-corrected chi connectivity index (χ1v) is 6.72. The summed E-state index contributed by atoms with van der Waals surface area (Å²) in [5.41, 5.74) is 3.40. The standard InChI is InChI=1S/C16H10BrFO/c17-14-8-10(5-6-15(14)18)7-12-9-11-3-1-2-4-13(11)16(12)19/h1-8H,9H2. The summed E-state index contributed by atoms with van der Waals surface area (Å²) in [6.07, 6.45) is 2.47. The zero-order valence-corrected chi connectivity index (χ0v) is 11.6. The van der Waals surface area contributed by atoms with Crippen molar-refractivity contribution in [1.82, 2.24) is 0 Å². The molecule has 0 aromatic heterocycles. The zero-order chi connectivity index (χ0) is 13.4. The van der Waals surface area contributed by atoms with Gasteiger partial charge in [0.2, 0.25) is 0 Å². The van der Waals surface area contributed by atoms with E-state index in [1.54, 1.807) is 12.1 Å². The van der Waals surface area contributed by atoms with Gasteiger partial charge in [-0.15, -0.1) is 0 Å². The largest absolute Gasteiger partial charge is 0.289 e. The van der Waals surface area contributed by atoms with E-state index >= 15 is 0 Å². The van der Waals surface area contributed by atoms with Crippen molar-refractivity contribution in [2.45, 2.75) is 6.42 Å². The quantitative estimate of drug-likeness (QED) is 0.712. The molecule has 19 heavy (non-hydrogen) atoms. The highest BCUT2D eigenvalue weighted by atomic mass is 79.9. The third kappa shape index (κ3) is 2.26. The van der Waals surface area contributed by atoms with Gasteiger partial charge in [-0.1, -0.05) is 30.3 Å². The summed E-state index contributed by atoms with van der Waals surface area (Å²) in [5.74, 6) is -0.237. The minimum atomic E-state index is -0.303. The average molecular weight is 317 g/mol. The van der Waals surface area contributed by atoms with Gasteiger partial charge in [-0.2, -0.15) is 0 Å². The highest BCUT2D eigenvalue weighted by Gasteiger charge is 2.23. The third-order valence-corrected chi connectivity index (χ3v) is 3.83. The van der Waals surface area contributed by atoms with Gasteiger partial charge in [-0.3, -0.25) is 4.79 Å². The molecule has 0 amide bonds. The second-order valence-corrected chi connectivity index (χ2v) is 5.36. The minimum Gasteiger partial charge on any atom is -0.289 e. The molecule has 3 heteroatoms. The van der Waals surface area contributed by atoms with Crippen LogP contribution in [0, 0.1) is 5.82 Å². The summed E-state index contributed by atoms with van der Waals surface area (Å²) in [5, 5.41) is 0. The molecule has 2 aromatic carbocycles. The van der Waals surface area contributed by atoms with E-state index in [0.717, 1.165) is 22.3 Å². The Balaban J connectivity index is 1.98. The van der Waals surface area contributed by atoms with Gasteiger partial charge in [0.25, 0.3) is 0 Å². The fraction of sp³-hybridized carbons (Fsp3) is 0.0625. The predicted octanol–water partition coefficient (Wildman–Crippen LogP) is 4.41. The van der Waals surface area contributed by atoms with Crippen LogP contribution < -0.4 is 0 Å². The molecular weight excluding hydrogens is 307 g/mol.